The molecule has 0 aliphatic heterocycles. The maximum absolute atomic E-state index is 11.5. The van der Waals surface area contributed by atoms with Crippen molar-refractivity contribution >= 4 is 63.2 Å². The number of nitrogens with zero attached hydrogens (tertiary/aromatic N) is 1. The third kappa shape index (κ3) is 8.65. The van der Waals surface area contributed by atoms with Gasteiger partial charge in [0.1, 0.15) is 0 Å². The zero-order valence-corrected chi connectivity index (χ0v) is 20.3. The van der Waals surface area contributed by atoms with Crippen LogP contribution in [-0.2, 0) is 16.6 Å². The number of halogens is 3. The van der Waals surface area contributed by atoms with Gasteiger partial charge in [0.15, 0.2) is 5.96 Å². The highest BCUT2D eigenvalue weighted by atomic mass is 127. The molecule has 0 bridgehead atoms. The molecule has 0 aromatic heterocycles. The summed E-state index contributed by atoms with van der Waals surface area (Å²) in [6, 6.07) is 11.1. The molecule has 0 saturated carbocycles. The third-order valence-corrected chi connectivity index (χ3v) is 5.07. The summed E-state index contributed by atoms with van der Waals surface area (Å²) in [4.78, 5) is 4.44. The van der Waals surface area contributed by atoms with E-state index in [-0.39, 0.29) is 42.0 Å². The maximum atomic E-state index is 11.5. The first-order chi connectivity index (χ1) is 13.2. The number of aliphatic hydroxyl groups is 1. The van der Waals surface area contributed by atoms with Crippen LogP contribution in [-0.4, -0.2) is 32.6 Å². The van der Waals surface area contributed by atoms with Crippen molar-refractivity contribution in [3.05, 3.63) is 63.6 Å². The van der Waals surface area contributed by atoms with Crippen LogP contribution in [0.4, 0.5) is 0 Å². The van der Waals surface area contributed by atoms with Gasteiger partial charge >= 0.3 is 0 Å². The first-order valence-electron chi connectivity index (χ1n) is 8.47. The lowest BCUT2D eigenvalue weighted by Crippen LogP contribution is -2.39. The van der Waals surface area contributed by atoms with Crippen LogP contribution < -0.4 is 15.8 Å². The summed E-state index contributed by atoms with van der Waals surface area (Å²) in [6.07, 6.45) is -0.842. The molecule has 1 unspecified atom stereocenters. The van der Waals surface area contributed by atoms with Gasteiger partial charge in [0, 0.05) is 23.1 Å². The third-order valence-electron chi connectivity index (χ3n) is 3.72. The second-order valence-corrected chi connectivity index (χ2v) is 8.42. The zero-order valence-electron chi connectivity index (χ0n) is 15.6. The van der Waals surface area contributed by atoms with Crippen LogP contribution >= 0.6 is 47.2 Å². The van der Waals surface area contributed by atoms with Crippen molar-refractivity contribution in [2.24, 2.45) is 10.1 Å². The number of aliphatic imine (C=N–C) groups is 1. The average molecular weight is 573 g/mol. The number of benzene rings is 2. The summed E-state index contributed by atoms with van der Waals surface area (Å²) < 4.78 is 22.9. The van der Waals surface area contributed by atoms with Crippen molar-refractivity contribution in [2.45, 2.75) is 24.5 Å². The quantitative estimate of drug-likeness (QED) is 0.231. The van der Waals surface area contributed by atoms with E-state index in [0.717, 1.165) is 0 Å². The van der Waals surface area contributed by atoms with Crippen LogP contribution in [0.15, 0.2) is 52.4 Å². The molecule has 0 heterocycles. The van der Waals surface area contributed by atoms with Gasteiger partial charge in [0.2, 0.25) is 10.0 Å². The lowest BCUT2D eigenvalue weighted by atomic mass is 10.1. The van der Waals surface area contributed by atoms with Gasteiger partial charge in [-0.3, -0.25) is 0 Å². The highest BCUT2D eigenvalue weighted by Gasteiger charge is 2.11. The molecule has 1 atom stereocenters. The molecule has 7 nitrogen and oxygen atoms in total. The zero-order chi connectivity index (χ0) is 20.7. The number of aliphatic hydroxyl groups excluding tert-OH is 1. The summed E-state index contributed by atoms with van der Waals surface area (Å²) in [5.74, 6) is 0.468. The Bertz CT molecular complexity index is 938. The molecular formula is C18H23Cl2IN4O3S. The summed E-state index contributed by atoms with van der Waals surface area (Å²) in [7, 11) is -3.77. The molecule has 11 heteroatoms. The molecule has 2 aromatic rings. The Kier molecular flexibility index (Phi) is 10.7. The molecule has 0 fully saturated rings. The number of rotatable bonds is 7. The predicted octanol–water partition coefficient (Wildman–Crippen LogP) is 3.05. The van der Waals surface area contributed by atoms with Crippen molar-refractivity contribution in [2.75, 3.05) is 13.1 Å². The first-order valence-corrected chi connectivity index (χ1v) is 10.8. The molecule has 0 amide bonds. The molecule has 160 valence electrons. The van der Waals surface area contributed by atoms with Crippen LogP contribution in [0.3, 0.4) is 0 Å². The van der Waals surface area contributed by atoms with E-state index in [1.54, 1.807) is 30.3 Å². The Balaban J connectivity index is 0.00000420. The summed E-state index contributed by atoms with van der Waals surface area (Å²) in [5.41, 5.74) is 1.27. The SMILES string of the molecule is CCNC(=NCc1cccc(S(N)(=O)=O)c1)NCC(O)c1cc(Cl)cc(Cl)c1.I. The minimum atomic E-state index is -3.77. The summed E-state index contributed by atoms with van der Waals surface area (Å²) in [5, 5.41) is 22.5. The molecule has 5 N–H and O–H groups in total. The van der Waals surface area contributed by atoms with E-state index in [4.69, 9.17) is 28.3 Å². The molecule has 0 saturated heterocycles. The topological polar surface area (TPSA) is 117 Å². The first kappa shape index (κ1) is 25.9. The molecule has 2 rings (SSSR count). The standard InChI is InChI=1S/C18H22Cl2N4O3S.HI/c1-2-22-18(23-10-12-4-3-5-16(6-12)28(21,26)27)24-11-17(25)13-7-14(19)9-15(20)8-13;/h3-9,17,25H,2,10-11H2,1H3,(H2,21,26,27)(H2,22,23,24);1H. The lowest BCUT2D eigenvalue weighted by molar-refractivity contribution is 0.181. The number of hydrogen-bond acceptors (Lipinski definition) is 4. The van der Waals surface area contributed by atoms with Crippen LogP contribution in [0.5, 0.6) is 0 Å². The van der Waals surface area contributed by atoms with Crippen LogP contribution in [0.2, 0.25) is 10.0 Å². The fraction of sp³-hybridized carbons (Fsp3) is 0.278. The number of primary sulfonamides is 1. The van der Waals surface area contributed by atoms with Gasteiger partial charge in [-0.15, -0.1) is 24.0 Å². The maximum Gasteiger partial charge on any atom is 0.238 e. The van der Waals surface area contributed by atoms with Crippen molar-refractivity contribution in [1.82, 2.24) is 10.6 Å². The smallest absolute Gasteiger partial charge is 0.238 e. The Hall–Kier alpha value is -1.11. The van der Waals surface area contributed by atoms with Gasteiger partial charge in [-0.1, -0.05) is 35.3 Å². The molecule has 0 aliphatic rings. The van der Waals surface area contributed by atoms with Gasteiger partial charge in [0.25, 0.3) is 0 Å². The second kappa shape index (κ2) is 11.9. The van der Waals surface area contributed by atoms with Crippen LogP contribution in [0.1, 0.15) is 24.2 Å². The molecule has 2 aromatic carbocycles. The Morgan fingerprint density at radius 1 is 1.17 bits per heavy atom. The molecule has 0 spiro atoms. The Morgan fingerprint density at radius 2 is 1.83 bits per heavy atom. The van der Waals surface area contributed by atoms with Gasteiger partial charge in [-0.25, -0.2) is 18.5 Å². The van der Waals surface area contributed by atoms with E-state index in [0.29, 0.717) is 33.7 Å². The second-order valence-electron chi connectivity index (χ2n) is 5.99. The van der Waals surface area contributed by atoms with E-state index in [9.17, 15) is 13.5 Å². The van der Waals surface area contributed by atoms with Crippen molar-refractivity contribution in [3.63, 3.8) is 0 Å². The highest BCUT2D eigenvalue weighted by Crippen LogP contribution is 2.23. The van der Waals surface area contributed by atoms with Crippen LogP contribution in [0, 0.1) is 0 Å². The summed E-state index contributed by atoms with van der Waals surface area (Å²) >= 11 is 11.9. The minimum Gasteiger partial charge on any atom is -0.387 e. The fourth-order valence-corrected chi connectivity index (χ4v) is 3.54. The monoisotopic (exact) mass is 572 g/mol. The number of guanidine groups is 1. The van der Waals surface area contributed by atoms with E-state index in [1.165, 1.54) is 12.1 Å². The molecular weight excluding hydrogens is 550 g/mol. The van der Waals surface area contributed by atoms with Gasteiger partial charge in [-0.2, -0.15) is 0 Å². The van der Waals surface area contributed by atoms with E-state index < -0.39 is 16.1 Å². The van der Waals surface area contributed by atoms with Gasteiger partial charge in [0.05, 0.1) is 17.5 Å². The predicted molar refractivity (Wildman–Crippen MR) is 127 cm³/mol. The normalized spacial score (nSPS) is 12.8. The number of sulfonamides is 1. The van der Waals surface area contributed by atoms with Crippen molar-refractivity contribution < 1.29 is 13.5 Å². The fourth-order valence-electron chi connectivity index (χ4n) is 2.41. The minimum absolute atomic E-state index is 0. The largest absolute Gasteiger partial charge is 0.387 e. The Morgan fingerprint density at radius 3 is 2.41 bits per heavy atom. The Labute approximate surface area is 197 Å². The van der Waals surface area contributed by atoms with Crippen LogP contribution in [0.25, 0.3) is 0 Å². The van der Waals surface area contributed by atoms with Crippen molar-refractivity contribution in [3.8, 4) is 0 Å². The van der Waals surface area contributed by atoms with E-state index in [2.05, 4.69) is 15.6 Å². The lowest BCUT2D eigenvalue weighted by Gasteiger charge is -2.16. The van der Waals surface area contributed by atoms with Gasteiger partial charge in [-0.05, 0) is 48.4 Å². The average Bonchev–Trinajstić information content (AvgIpc) is 2.62. The molecule has 29 heavy (non-hydrogen) atoms. The molecule has 0 aliphatic carbocycles. The van der Waals surface area contributed by atoms with Gasteiger partial charge < -0.3 is 15.7 Å². The van der Waals surface area contributed by atoms with E-state index in [1.807, 2.05) is 6.92 Å². The highest BCUT2D eigenvalue weighted by molar-refractivity contribution is 14.0. The number of hydrogen-bond donors (Lipinski definition) is 4. The van der Waals surface area contributed by atoms with E-state index >= 15 is 0 Å². The number of nitrogens with two attached hydrogens (primary N) is 1. The molecule has 0 radical (unpaired) electrons. The summed E-state index contributed by atoms with van der Waals surface area (Å²) in [6.45, 7) is 2.94. The van der Waals surface area contributed by atoms with Crippen molar-refractivity contribution in [1.29, 1.82) is 0 Å². The number of nitrogens with one attached hydrogen (secondary N) is 2.